The Balaban J connectivity index is 1.52. The first-order chi connectivity index (χ1) is 14.1. The zero-order chi connectivity index (χ0) is 20.2. The summed E-state index contributed by atoms with van der Waals surface area (Å²) in [6.45, 7) is 0. The van der Waals surface area contributed by atoms with Crippen molar-refractivity contribution in [1.82, 2.24) is 9.97 Å². The molecule has 0 radical (unpaired) electrons. The van der Waals surface area contributed by atoms with Crippen molar-refractivity contribution in [2.75, 3.05) is 7.11 Å². The summed E-state index contributed by atoms with van der Waals surface area (Å²) in [6, 6.07) is 21.7. The van der Waals surface area contributed by atoms with Gasteiger partial charge in [0.25, 0.3) is 0 Å². The van der Waals surface area contributed by atoms with Crippen LogP contribution in [-0.2, 0) is 0 Å². The SMILES string of the molecule is COc1ccccc1-c1ccc(C=Cc2ncc(-c3ccc(Cl)cc3Cl)[nH]2)cc1. The maximum Gasteiger partial charge on any atom is 0.130 e. The van der Waals surface area contributed by atoms with Crippen LogP contribution in [0.3, 0.4) is 0 Å². The molecule has 0 saturated heterocycles. The number of H-pyrrole nitrogens is 1. The summed E-state index contributed by atoms with van der Waals surface area (Å²) in [5.41, 5.74) is 4.96. The first-order valence-electron chi connectivity index (χ1n) is 9.06. The standard InChI is InChI=1S/C24H18Cl2N2O/c1-29-23-5-3-2-4-19(23)17-9-6-16(7-10-17)8-13-24-27-15-22(28-24)20-12-11-18(25)14-21(20)26/h2-15H,1H3,(H,27,28). The molecule has 3 nitrogen and oxygen atoms in total. The number of aromatic nitrogens is 2. The van der Waals surface area contributed by atoms with Crippen molar-refractivity contribution in [3.05, 3.63) is 94.4 Å². The predicted octanol–water partition coefficient (Wildman–Crippen LogP) is 7.23. The molecule has 0 aliphatic heterocycles. The van der Waals surface area contributed by atoms with E-state index >= 15 is 0 Å². The fourth-order valence-electron chi connectivity index (χ4n) is 3.10. The van der Waals surface area contributed by atoms with Crippen LogP contribution in [0.5, 0.6) is 5.75 Å². The van der Waals surface area contributed by atoms with Gasteiger partial charge in [-0.2, -0.15) is 0 Å². The maximum atomic E-state index is 6.27. The average Bonchev–Trinajstić information content (AvgIpc) is 3.21. The summed E-state index contributed by atoms with van der Waals surface area (Å²) in [5.74, 6) is 1.61. The molecule has 1 N–H and O–H groups in total. The average molecular weight is 421 g/mol. The lowest BCUT2D eigenvalue weighted by Crippen LogP contribution is -1.87. The highest BCUT2D eigenvalue weighted by atomic mass is 35.5. The largest absolute Gasteiger partial charge is 0.496 e. The molecular weight excluding hydrogens is 403 g/mol. The van der Waals surface area contributed by atoms with E-state index in [1.54, 1.807) is 19.4 Å². The van der Waals surface area contributed by atoms with E-state index in [-0.39, 0.29) is 0 Å². The summed E-state index contributed by atoms with van der Waals surface area (Å²) in [4.78, 5) is 7.68. The lowest BCUT2D eigenvalue weighted by Gasteiger charge is -2.08. The topological polar surface area (TPSA) is 37.9 Å². The number of halogens is 2. The van der Waals surface area contributed by atoms with Gasteiger partial charge in [0.1, 0.15) is 11.6 Å². The number of ether oxygens (including phenoxy) is 1. The third-order valence-corrected chi connectivity index (χ3v) is 5.13. The van der Waals surface area contributed by atoms with E-state index in [9.17, 15) is 0 Å². The number of rotatable bonds is 5. The molecule has 1 heterocycles. The van der Waals surface area contributed by atoms with Gasteiger partial charge in [0.15, 0.2) is 0 Å². The van der Waals surface area contributed by atoms with Crippen LogP contribution in [-0.4, -0.2) is 17.1 Å². The van der Waals surface area contributed by atoms with Gasteiger partial charge in [-0.25, -0.2) is 4.98 Å². The van der Waals surface area contributed by atoms with Crippen molar-refractivity contribution >= 4 is 35.4 Å². The number of hydrogen-bond acceptors (Lipinski definition) is 2. The first-order valence-corrected chi connectivity index (χ1v) is 9.81. The zero-order valence-corrected chi connectivity index (χ0v) is 17.2. The van der Waals surface area contributed by atoms with Crippen molar-refractivity contribution in [3.63, 3.8) is 0 Å². The van der Waals surface area contributed by atoms with Crippen LogP contribution in [0.25, 0.3) is 34.5 Å². The van der Waals surface area contributed by atoms with Crippen LogP contribution in [0, 0.1) is 0 Å². The normalized spacial score (nSPS) is 11.1. The van der Waals surface area contributed by atoms with Gasteiger partial charge in [0.05, 0.1) is 24.0 Å². The Kier molecular flexibility index (Phi) is 5.70. The summed E-state index contributed by atoms with van der Waals surface area (Å²) in [7, 11) is 1.69. The second kappa shape index (κ2) is 8.56. The first kappa shape index (κ1) is 19.3. The number of hydrogen-bond donors (Lipinski definition) is 1. The molecule has 0 saturated carbocycles. The minimum atomic E-state index is 0.587. The van der Waals surface area contributed by atoms with Crippen molar-refractivity contribution in [1.29, 1.82) is 0 Å². The van der Waals surface area contributed by atoms with E-state index in [1.165, 1.54) is 0 Å². The Morgan fingerprint density at radius 2 is 1.69 bits per heavy atom. The summed E-state index contributed by atoms with van der Waals surface area (Å²) < 4.78 is 5.45. The highest BCUT2D eigenvalue weighted by Gasteiger charge is 2.07. The number of imidazole rings is 1. The number of benzene rings is 3. The highest BCUT2D eigenvalue weighted by Crippen LogP contribution is 2.30. The molecule has 0 atom stereocenters. The fraction of sp³-hybridized carbons (Fsp3) is 0.0417. The van der Waals surface area contributed by atoms with Gasteiger partial charge < -0.3 is 9.72 Å². The van der Waals surface area contributed by atoms with E-state index in [4.69, 9.17) is 27.9 Å². The lowest BCUT2D eigenvalue weighted by atomic mass is 10.0. The number of nitrogens with one attached hydrogen (secondary N) is 1. The molecule has 4 aromatic rings. The van der Waals surface area contributed by atoms with Gasteiger partial charge in [-0.15, -0.1) is 0 Å². The Morgan fingerprint density at radius 3 is 2.45 bits per heavy atom. The Morgan fingerprint density at radius 1 is 0.897 bits per heavy atom. The van der Waals surface area contributed by atoms with Gasteiger partial charge in [-0.05, 0) is 41.5 Å². The summed E-state index contributed by atoms with van der Waals surface area (Å²) in [5, 5.41) is 1.19. The van der Waals surface area contributed by atoms with Crippen LogP contribution < -0.4 is 4.74 Å². The predicted molar refractivity (Wildman–Crippen MR) is 121 cm³/mol. The van der Waals surface area contributed by atoms with Gasteiger partial charge in [0, 0.05) is 16.1 Å². The number of nitrogens with zero attached hydrogens (tertiary/aromatic N) is 1. The minimum absolute atomic E-state index is 0.587. The van der Waals surface area contributed by atoms with Crippen molar-refractivity contribution in [2.45, 2.75) is 0 Å². The molecule has 0 unspecified atom stereocenters. The monoisotopic (exact) mass is 420 g/mol. The van der Waals surface area contributed by atoms with Gasteiger partial charge >= 0.3 is 0 Å². The molecule has 3 aromatic carbocycles. The molecule has 1 aromatic heterocycles. The molecule has 0 fully saturated rings. The van der Waals surface area contributed by atoms with Gasteiger partial charge in [-0.1, -0.05) is 71.7 Å². The van der Waals surface area contributed by atoms with E-state index in [2.05, 4.69) is 40.3 Å². The number of methoxy groups -OCH3 is 1. The molecule has 144 valence electrons. The second-order valence-electron chi connectivity index (χ2n) is 6.46. The third kappa shape index (κ3) is 4.37. The van der Waals surface area contributed by atoms with E-state index in [1.807, 2.05) is 42.5 Å². The maximum absolute atomic E-state index is 6.27. The lowest BCUT2D eigenvalue weighted by molar-refractivity contribution is 0.416. The molecule has 0 spiro atoms. The number of aromatic amines is 1. The molecule has 29 heavy (non-hydrogen) atoms. The van der Waals surface area contributed by atoms with Crippen LogP contribution in [0.2, 0.25) is 10.0 Å². The Hall–Kier alpha value is -3.01. The van der Waals surface area contributed by atoms with Gasteiger partial charge in [0.2, 0.25) is 0 Å². The van der Waals surface area contributed by atoms with Crippen molar-refractivity contribution in [2.24, 2.45) is 0 Å². The summed E-state index contributed by atoms with van der Waals surface area (Å²) >= 11 is 12.2. The zero-order valence-electron chi connectivity index (χ0n) is 15.7. The minimum Gasteiger partial charge on any atom is -0.496 e. The van der Waals surface area contributed by atoms with Crippen molar-refractivity contribution < 1.29 is 4.74 Å². The molecule has 0 bridgehead atoms. The molecule has 0 aliphatic carbocycles. The summed E-state index contributed by atoms with van der Waals surface area (Å²) in [6.07, 6.45) is 5.71. The molecule has 5 heteroatoms. The van der Waals surface area contributed by atoms with Crippen LogP contribution in [0.4, 0.5) is 0 Å². The van der Waals surface area contributed by atoms with Crippen LogP contribution in [0.15, 0.2) is 72.9 Å². The van der Waals surface area contributed by atoms with E-state index in [0.717, 1.165) is 39.5 Å². The number of para-hydroxylation sites is 1. The smallest absolute Gasteiger partial charge is 0.130 e. The van der Waals surface area contributed by atoms with E-state index < -0.39 is 0 Å². The Bertz CT molecular complexity index is 1160. The molecular formula is C24H18Cl2N2O. The van der Waals surface area contributed by atoms with E-state index in [0.29, 0.717) is 10.0 Å². The van der Waals surface area contributed by atoms with Crippen molar-refractivity contribution in [3.8, 4) is 28.1 Å². The third-order valence-electron chi connectivity index (χ3n) is 4.58. The molecule has 0 aliphatic rings. The highest BCUT2D eigenvalue weighted by molar-refractivity contribution is 6.36. The van der Waals surface area contributed by atoms with Crippen LogP contribution in [0.1, 0.15) is 11.4 Å². The fourth-order valence-corrected chi connectivity index (χ4v) is 3.61. The quantitative estimate of drug-likeness (QED) is 0.369. The molecule has 0 amide bonds. The van der Waals surface area contributed by atoms with Crippen LogP contribution >= 0.6 is 23.2 Å². The molecule has 4 rings (SSSR count). The van der Waals surface area contributed by atoms with Gasteiger partial charge in [-0.3, -0.25) is 0 Å². The Labute approximate surface area is 179 Å². The second-order valence-corrected chi connectivity index (χ2v) is 7.31.